The Morgan fingerprint density at radius 3 is 2.33 bits per heavy atom. The number of hydrogen-bond donors (Lipinski definition) is 2. The molecule has 0 bridgehead atoms. The molecule has 4 nitrogen and oxygen atoms in total. The Bertz CT molecular complexity index is 449. The summed E-state index contributed by atoms with van der Waals surface area (Å²) in [5, 5.41) is 8.95. The van der Waals surface area contributed by atoms with Gasteiger partial charge in [-0.25, -0.2) is 9.59 Å². The average Bonchev–Trinajstić information content (AvgIpc) is 2.27. The predicted octanol–water partition coefficient (Wildman–Crippen LogP) is 2.64. The van der Waals surface area contributed by atoms with Gasteiger partial charge in [-0.3, -0.25) is 0 Å². The zero-order valence-corrected chi connectivity index (χ0v) is 11.2. The van der Waals surface area contributed by atoms with Crippen LogP contribution < -0.4 is 0 Å². The van der Waals surface area contributed by atoms with Gasteiger partial charge >= 0.3 is 11.9 Å². The molecule has 0 radical (unpaired) electrons. The van der Waals surface area contributed by atoms with Crippen LogP contribution in [0.2, 0.25) is 0 Å². The first-order valence-corrected chi connectivity index (χ1v) is 5.98. The Hall–Kier alpha value is -1.49. The minimum atomic E-state index is -1.14. The molecule has 18 heavy (non-hydrogen) atoms. The van der Waals surface area contributed by atoms with E-state index in [2.05, 4.69) is 12.6 Å². The number of hydrogen-bond acceptors (Lipinski definition) is 4. The fourth-order valence-corrected chi connectivity index (χ4v) is 1.41. The highest BCUT2D eigenvalue weighted by Crippen LogP contribution is 2.17. The Balaban J connectivity index is 2.70. The van der Waals surface area contributed by atoms with Crippen molar-refractivity contribution < 1.29 is 19.4 Å². The van der Waals surface area contributed by atoms with E-state index in [0.717, 1.165) is 0 Å². The van der Waals surface area contributed by atoms with Crippen molar-refractivity contribution in [1.82, 2.24) is 0 Å². The maximum Gasteiger partial charge on any atom is 0.339 e. The zero-order valence-electron chi connectivity index (χ0n) is 10.3. The van der Waals surface area contributed by atoms with Crippen LogP contribution in [0.5, 0.6) is 0 Å². The van der Waals surface area contributed by atoms with E-state index < -0.39 is 11.9 Å². The van der Waals surface area contributed by atoms with E-state index in [1.54, 1.807) is 12.1 Å². The summed E-state index contributed by atoms with van der Waals surface area (Å²) in [4.78, 5) is 22.7. The SMILES string of the molecule is CC(C)(S)CCOC(=O)c1ccccc1C(=O)O. The normalized spacial score (nSPS) is 11.1. The Morgan fingerprint density at radius 1 is 1.28 bits per heavy atom. The second-order valence-electron chi connectivity index (χ2n) is 4.55. The van der Waals surface area contributed by atoms with Crippen molar-refractivity contribution in [3.63, 3.8) is 0 Å². The zero-order chi connectivity index (χ0) is 13.8. The van der Waals surface area contributed by atoms with E-state index in [1.165, 1.54) is 12.1 Å². The van der Waals surface area contributed by atoms with Crippen molar-refractivity contribution in [2.75, 3.05) is 6.61 Å². The van der Waals surface area contributed by atoms with Gasteiger partial charge in [-0.1, -0.05) is 26.0 Å². The smallest absolute Gasteiger partial charge is 0.339 e. The van der Waals surface area contributed by atoms with E-state index >= 15 is 0 Å². The molecule has 1 aromatic rings. The van der Waals surface area contributed by atoms with E-state index in [1.807, 2.05) is 13.8 Å². The summed E-state index contributed by atoms with van der Waals surface area (Å²) in [6.07, 6.45) is 0.594. The van der Waals surface area contributed by atoms with Gasteiger partial charge in [0.2, 0.25) is 0 Å². The Kier molecular flexibility index (Phi) is 4.78. The van der Waals surface area contributed by atoms with Crippen molar-refractivity contribution in [3.8, 4) is 0 Å². The molecule has 0 aliphatic heterocycles. The molecule has 5 heteroatoms. The third-order valence-electron chi connectivity index (χ3n) is 2.32. The summed E-state index contributed by atoms with van der Waals surface area (Å²) < 4.78 is 4.81. The first-order chi connectivity index (χ1) is 8.31. The van der Waals surface area contributed by atoms with Gasteiger partial charge in [0.15, 0.2) is 0 Å². The number of benzene rings is 1. The highest BCUT2D eigenvalue weighted by atomic mass is 32.1. The molecule has 0 unspecified atom stereocenters. The number of aromatic carboxylic acids is 1. The van der Waals surface area contributed by atoms with Crippen LogP contribution in [0.4, 0.5) is 0 Å². The van der Waals surface area contributed by atoms with Crippen molar-refractivity contribution in [2.24, 2.45) is 0 Å². The molecule has 1 aromatic carbocycles. The van der Waals surface area contributed by atoms with Crippen LogP contribution in [0, 0.1) is 0 Å². The van der Waals surface area contributed by atoms with Crippen LogP contribution in [0.15, 0.2) is 24.3 Å². The quantitative estimate of drug-likeness (QED) is 0.636. The number of esters is 1. The molecule has 0 saturated carbocycles. The predicted molar refractivity (Wildman–Crippen MR) is 71.4 cm³/mol. The largest absolute Gasteiger partial charge is 0.478 e. The standard InChI is InChI=1S/C13H16O4S/c1-13(2,18)7-8-17-12(16)10-6-4-3-5-9(10)11(14)15/h3-6,18H,7-8H2,1-2H3,(H,14,15). The van der Waals surface area contributed by atoms with Crippen LogP contribution >= 0.6 is 12.6 Å². The molecule has 0 fully saturated rings. The van der Waals surface area contributed by atoms with Crippen LogP contribution in [-0.2, 0) is 4.74 Å². The van der Waals surface area contributed by atoms with Gasteiger partial charge in [-0.05, 0) is 18.6 Å². The van der Waals surface area contributed by atoms with Crippen LogP contribution in [0.1, 0.15) is 41.0 Å². The summed E-state index contributed by atoms with van der Waals surface area (Å²) in [5.41, 5.74) is 0.0228. The number of rotatable bonds is 5. The molecule has 98 valence electrons. The molecule has 0 aromatic heterocycles. The van der Waals surface area contributed by atoms with Gasteiger partial charge in [0.1, 0.15) is 0 Å². The maximum atomic E-state index is 11.7. The van der Waals surface area contributed by atoms with E-state index in [4.69, 9.17) is 9.84 Å². The fourth-order valence-electron chi connectivity index (χ4n) is 1.32. The molecule has 0 aliphatic carbocycles. The summed E-state index contributed by atoms with van der Waals surface area (Å²) in [7, 11) is 0. The van der Waals surface area contributed by atoms with Crippen molar-refractivity contribution in [3.05, 3.63) is 35.4 Å². The van der Waals surface area contributed by atoms with Gasteiger partial charge < -0.3 is 9.84 Å². The van der Waals surface area contributed by atoms with E-state index in [9.17, 15) is 9.59 Å². The lowest BCUT2D eigenvalue weighted by molar-refractivity contribution is 0.0483. The van der Waals surface area contributed by atoms with Crippen molar-refractivity contribution in [1.29, 1.82) is 0 Å². The molecular weight excluding hydrogens is 252 g/mol. The fraction of sp³-hybridized carbons (Fsp3) is 0.385. The first-order valence-electron chi connectivity index (χ1n) is 5.53. The van der Waals surface area contributed by atoms with Crippen molar-refractivity contribution in [2.45, 2.75) is 25.0 Å². The summed E-state index contributed by atoms with van der Waals surface area (Å²) >= 11 is 4.31. The molecule has 1 rings (SSSR count). The van der Waals surface area contributed by atoms with Gasteiger partial charge in [0.25, 0.3) is 0 Å². The summed E-state index contributed by atoms with van der Waals surface area (Å²) in [5.74, 6) is -1.76. The molecule has 0 saturated heterocycles. The Labute approximate surface area is 111 Å². The topological polar surface area (TPSA) is 63.6 Å². The number of carbonyl (C=O) groups is 2. The molecule has 0 aliphatic rings. The Morgan fingerprint density at radius 2 is 1.83 bits per heavy atom. The highest BCUT2D eigenvalue weighted by molar-refractivity contribution is 7.81. The highest BCUT2D eigenvalue weighted by Gasteiger charge is 2.18. The van der Waals surface area contributed by atoms with E-state index in [0.29, 0.717) is 6.42 Å². The number of carboxylic acids is 1. The first kappa shape index (κ1) is 14.6. The maximum absolute atomic E-state index is 11.7. The molecule has 0 heterocycles. The molecule has 1 N–H and O–H groups in total. The number of thiol groups is 1. The van der Waals surface area contributed by atoms with Gasteiger partial charge in [0, 0.05) is 4.75 Å². The lowest BCUT2D eigenvalue weighted by Gasteiger charge is -2.16. The monoisotopic (exact) mass is 268 g/mol. The third-order valence-corrected chi connectivity index (χ3v) is 2.55. The molecule has 0 amide bonds. The number of carboxylic acid groups (broad SMARTS) is 1. The van der Waals surface area contributed by atoms with Crippen LogP contribution in [-0.4, -0.2) is 28.4 Å². The lowest BCUT2D eigenvalue weighted by atomic mass is 10.1. The van der Waals surface area contributed by atoms with Crippen molar-refractivity contribution >= 4 is 24.6 Å². The molecule has 0 atom stereocenters. The van der Waals surface area contributed by atoms with Gasteiger partial charge in [-0.2, -0.15) is 12.6 Å². The van der Waals surface area contributed by atoms with Crippen LogP contribution in [0.3, 0.4) is 0 Å². The summed E-state index contributed by atoms with van der Waals surface area (Å²) in [6.45, 7) is 4.04. The van der Waals surface area contributed by atoms with E-state index in [-0.39, 0.29) is 22.5 Å². The number of ether oxygens (including phenoxy) is 1. The minimum absolute atomic E-state index is 0.0485. The number of carbonyl (C=O) groups excluding carboxylic acids is 1. The second kappa shape index (κ2) is 5.91. The minimum Gasteiger partial charge on any atom is -0.478 e. The summed E-state index contributed by atoms with van der Waals surface area (Å²) in [6, 6.07) is 5.99. The van der Waals surface area contributed by atoms with Gasteiger partial charge in [-0.15, -0.1) is 0 Å². The van der Waals surface area contributed by atoms with Crippen LogP contribution in [0.25, 0.3) is 0 Å². The molecular formula is C13H16O4S. The lowest BCUT2D eigenvalue weighted by Crippen LogP contribution is -2.17. The average molecular weight is 268 g/mol. The third kappa shape index (κ3) is 4.41. The van der Waals surface area contributed by atoms with Gasteiger partial charge in [0.05, 0.1) is 17.7 Å². The molecule has 0 spiro atoms. The second-order valence-corrected chi connectivity index (χ2v) is 5.76.